The Morgan fingerprint density at radius 3 is 2.41 bits per heavy atom. The number of methoxy groups -OCH3 is 1. The Bertz CT molecular complexity index is 941. The lowest BCUT2D eigenvalue weighted by atomic mass is 10.1. The van der Waals surface area contributed by atoms with Crippen molar-refractivity contribution in [3.63, 3.8) is 0 Å². The van der Waals surface area contributed by atoms with Crippen molar-refractivity contribution in [2.24, 2.45) is 5.10 Å². The van der Waals surface area contributed by atoms with Gasteiger partial charge in [0.25, 0.3) is 0 Å². The molecule has 0 bridgehead atoms. The van der Waals surface area contributed by atoms with Crippen molar-refractivity contribution >= 4 is 6.21 Å². The molecule has 2 aromatic carbocycles. The van der Waals surface area contributed by atoms with E-state index in [0.29, 0.717) is 0 Å². The maximum absolute atomic E-state index is 5.29. The molecule has 3 aromatic rings. The van der Waals surface area contributed by atoms with Crippen LogP contribution in [0.25, 0.3) is 11.3 Å². The first-order valence-corrected chi connectivity index (χ1v) is 9.94. The number of hydrogen-bond donors (Lipinski definition) is 0. The maximum atomic E-state index is 5.29. The molecule has 1 aliphatic heterocycles. The molecule has 4 rings (SSSR count). The number of rotatable bonds is 6. The molecule has 0 aliphatic carbocycles. The standard InChI is InChI=1S/C23H27N5O/c1-26-12-14-27(15-13-26)24-16-21-18-28(17-19-6-4-3-5-7-19)25-23(21)20-8-10-22(29-2)11-9-20/h3-11,16,18H,12-15,17H2,1-2H3/b24-16-. The van der Waals surface area contributed by atoms with Gasteiger partial charge in [0.05, 0.1) is 19.9 Å². The van der Waals surface area contributed by atoms with Crippen LogP contribution in [-0.4, -0.2) is 66.2 Å². The van der Waals surface area contributed by atoms with E-state index in [1.807, 2.05) is 41.2 Å². The van der Waals surface area contributed by atoms with E-state index in [1.165, 1.54) is 5.56 Å². The van der Waals surface area contributed by atoms with Gasteiger partial charge in [-0.15, -0.1) is 0 Å². The third-order valence-electron chi connectivity index (χ3n) is 5.18. The number of likely N-dealkylation sites (N-methyl/N-ethyl adjacent to an activating group) is 1. The number of hydrazone groups is 1. The van der Waals surface area contributed by atoms with Crippen LogP contribution >= 0.6 is 0 Å². The fraction of sp³-hybridized carbons (Fsp3) is 0.304. The van der Waals surface area contributed by atoms with Crippen LogP contribution in [0.1, 0.15) is 11.1 Å². The van der Waals surface area contributed by atoms with Crippen LogP contribution in [-0.2, 0) is 6.54 Å². The SMILES string of the molecule is COc1ccc(-c2nn(Cc3ccccc3)cc2/C=N\N2CCN(C)CC2)cc1. The molecular formula is C23H27N5O. The smallest absolute Gasteiger partial charge is 0.118 e. The van der Waals surface area contributed by atoms with E-state index in [1.54, 1.807) is 7.11 Å². The maximum Gasteiger partial charge on any atom is 0.118 e. The van der Waals surface area contributed by atoms with Crippen LogP contribution in [0.15, 0.2) is 65.9 Å². The summed E-state index contributed by atoms with van der Waals surface area (Å²) < 4.78 is 7.28. The van der Waals surface area contributed by atoms with Crippen molar-refractivity contribution < 1.29 is 4.74 Å². The van der Waals surface area contributed by atoms with E-state index in [-0.39, 0.29) is 0 Å². The highest BCUT2D eigenvalue weighted by Crippen LogP contribution is 2.24. The van der Waals surface area contributed by atoms with Crippen LogP contribution in [0.2, 0.25) is 0 Å². The van der Waals surface area contributed by atoms with E-state index >= 15 is 0 Å². The molecule has 6 heteroatoms. The van der Waals surface area contributed by atoms with Gasteiger partial charge < -0.3 is 9.64 Å². The van der Waals surface area contributed by atoms with Crippen molar-refractivity contribution in [3.8, 4) is 17.0 Å². The second-order valence-corrected chi connectivity index (χ2v) is 7.35. The summed E-state index contributed by atoms with van der Waals surface area (Å²) in [5.74, 6) is 0.838. The van der Waals surface area contributed by atoms with Gasteiger partial charge in [-0.25, -0.2) is 0 Å². The molecule has 29 heavy (non-hydrogen) atoms. The molecule has 0 spiro atoms. The lowest BCUT2D eigenvalue weighted by Gasteiger charge is -2.30. The fourth-order valence-corrected chi connectivity index (χ4v) is 3.41. The highest BCUT2D eigenvalue weighted by Gasteiger charge is 2.13. The summed E-state index contributed by atoms with van der Waals surface area (Å²) in [4.78, 5) is 2.33. The Labute approximate surface area is 172 Å². The molecule has 1 aliphatic rings. The lowest BCUT2D eigenvalue weighted by Crippen LogP contribution is -2.41. The predicted molar refractivity (Wildman–Crippen MR) is 116 cm³/mol. The normalized spacial score (nSPS) is 15.2. The number of aromatic nitrogens is 2. The zero-order valence-corrected chi connectivity index (χ0v) is 17.0. The summed E-state index contributed by atoms with van der Waals surface area (Å²) in [6.45, 7) is 4.70. The zero-order valence-electron chi connectivity index (χ0n) is 17.0. The molecule has 0 amide bonds. The van der Waals surface area contributed by atoms with Crippen LogP contribution in [0.4, 0.5) is 0 Å². The van der Waals surface area contributed by atoms with Gasteiger partial charge in [0, 0.05) is 43.5 Å². The van der Waals surface area contributed by atoms with Gasteiger partial charge in [0.15, 0.2) is 0 Å². The zero-order chi connectivity index (χ0) is 20.1. The van der Waals surface area contributed by atoms with Crippen LogP contribution in [0.3, 0.4) is 0 Å². The van der Waals surface area contributed by atoms with Crippen molar-refractivity contribution in [3.05, 3.63) is 71.9 Å². The lowest BCUT2D eigenvalue weighted by molar-refractivity contribution is 0.159. The minimum absolute atomic E-state index is 0.729. The Hall–Kier alpha value is -3.12. The summed E-state index contributed by atoms with van der Waals surface area (Å²) in [6.07, 6.45) is 4.02. The second-order valence-electron chi connectivity index (χ2n) is 7.35. The molecule has 0 N–H and O–H groups in total. The molecule has 150 valence electrons. The van der Waals surface area contributed by atoms with Crippen LogP contribution in [0, 0.1) is 0 Å². The number of nitrogens with zero attached hydrogens (tertiary/aromatic N) is 5. The first-order valence-electron chi connectivity index (χ1n) is 9.94. The molecule has 6 nitrogen and oxygen atoms in total. The van der Waals surface area contributed by atoms with Gasteiger partial charge in [-0.05, 0) is 36.9 Å². The largest absolute Gasteiger partial charge is 0.497 e. The van der Waals surface area contributed by atoms with Crippen molar-refractivity contribution in [1.82, 2.24) is 19.7 Å². The van der Waals surface area contributed by atoms with Gasteiger partial charge in [-0.3, -0.25) is 9.69 Å². The summed E-state index contributed by atoms with van der Waals surface area (Å²) in [5, 5.41) is 11.7. The molecule has 1 saturated heterocycles. The Kier molecular flexibility index (Phi) is 5.91. The van der Waals surface area contributed by atoms with E-state index < -0.39 is 0 Å². The molecule has 0 atom stereocenters. The minimum atomic E-state index is 0.729. The van der Waals surface area contributed by atoms with Crippen molar-refractivity contribution in [2.75, 3.05) is 40.3 Å². The topological polar surface area (TPSA) is 45.9 Å². The Morgan fingerprint density at radius 2 is 1.72 bits per heavy atom. The quantitative estimate of drug-likeness (QED) is 0.608. The predicted octanol–water partition coefficient (Wildman–Crippen LogP) is 3.19. The number of benzene rings is 2. The molecule has 1 fully saturated rings. The molecule has 0 saturated carbocycles. The summed E-state index contributed by atoms with van der Waals surface area (Å²) in [7, 11) is 3.83. The summed E-state index contributed by atoms with van der Waals surface area (Å²) in [6, 6.07) is 18.4. The molecule has 0 radical (unpaired) electrons. The first-order chi connectivity index (χ1) is 14.2. The van der Waals surface area contributed by atoms with E-state index in [0.717, 1.165) is 55.3 Å². The van der Waals surface area contributed by atoms with Crippen molar-refractivity contribution in [1.29, 1.82) is 0 Å². The number of hydrogen-bond acceptors (Lipinski definition) is 5. The Morgan fingerprint density at radius 1 is 1.00 bits per heavy atom. The highest BCUT2D eigenvalue weighted by atomic mass is 16.5. The van der Waals surface area contributed by atoms with Gasteiger partial charge in [0.2, 0.25) is 0 Å². The van der Waals surface area contributed by atoms with Crippen LogP contribution in [0.5, 0.6) is 5.75 Å². The van der Waals surface area contributed by atoms with E-state index in [9.17, 15) is 0 Å². The summed E-state index contributed by atoms with van der Waals surface area (Å²) >= 11 is 0. The first kappa shape index (κ1) is 19.2. The van der Waals surface area contributed by atoms with Gasteiger partial charge >= 0.3 is 0 Å². The molecule has 0 unspecified atom stereocenters. The number of ether oxygens (including phenoxy) is 1. The summed E-state index contributed by atoms with van der Waals surface area (Å²) in [5.41, 5.74) is 4.22. The van der Waals surface area contributed by atoms with Gasteiger partial charge in [0.1, 0.15) is 11.4 Å². The highest BCUT2D eigenvalue weighted by molar-refractivity contribution is 5.88. The monoisotopic (exact) mass is 389 g/mol. The van der Waals surface area contributed by atoms with Gasteiger partial charge in [-0.1, -0.05) is 30.3 Å². The Balaban J connectivity index is 1.61. The second kappa shape index (κ2) is 8.92. The van der Waals surface area contributed by atoms with Crippen LogP contribution < -0.4 is 4.74 Å². The third-order valence-corrected chi connectivity index (χ3v) is 5.18. The average Bonchev–Trinajstić information content (AvgIpc) is 3.16. The van der Waals surface area contributed by atoms with Crippen molar-refractivity contribution in [2.45, 2.75) is 6.54 Å². The minimum Gasteiger partial charge on any atom is -0.497 e. The molecule has 2 heterocycles. The fourth-order valence-electron chi connectivity index (χ4n) is 3.41. The van der Waals surface area contributed by atoms with E-state index in [4.69, 9.17) is 14.9 Å². The molecule has 1 aromatic heterocycles. The third kappa shape index (κ3) is 4.84. The average molecular weight is 390 g/mol. The van der Waals surface area contributed by atoms with E-state index in [2.05, 4.69) is 47.4 Å². The molecular weight excluding hydrogens is 362 g/mol. The number of piperazine rings is 1. The van der Waals surface area contributed by atoms with Gasteiger partial charge in [-0.2, -0.15) is 10.2 Å².